The highest BCUT2D eigenvalue weighted by molar-refractivity contribution is 8.00. The van der Waals surface area contributed by atoms with Crippen LogP contribution in [0.1, 0.15) is 26.3 Å². The SMILES string of the molecule is CCNC(=NCC(=O)NCc1ccc(OC)cc1)N1CCSC(C)(C)C1. The van der Waals surface area contributed by atoms with E-state index in [1.807, 2.05) is 43.0 Å². The van der Waals surface area contributed by atoms with Crippen LogP contribution in [0.2, 0.25) is 0 Å². The summed E-state index contributed by atoms with van der Waals surface area (Å²) >= 11 is 1.98. The third-order valence-corrected chi connectivity index (χ3v) is 5.38. The Balaban J connectivity index is 1.88. The third-order valence-electron chi connectivity index (χ3n) is 4.08. The summed E-state index contributed by atoms with van der Waals surface area (Å²) in [5, 5.41) is 6.22. The van der Waals surface area contributed by atoms with Gasteiger partial charge >= 0.3 is 0 Å². The molecule has 7 heteroatoms. The van der Waals surface area contributed by atoms with Crippen LogP contribution in [-0.2, 0) is 11.3 Å². The van der Waals surface area contributed by atoms with E-state index in [4.69, 9.17) is 4.74 Å². The lowest BCUT2D eigenvalue weighted by molar-refractivity contribution is -0.119. The number of nitrogens with one attached hydrogen (secondary N) is 2. The molecule has 0 radical (unpaired) electrons. The molecule has 2 rings (SSSR count). The maximum Gasteiger partial charge on any atom is 0.242 e. The van der Waals surface area contributed by atoms with Crippen LogP contribution in [0.3, 0.4) is 0 Å². The van der Waals surface area contributed by atoms with Gasteiger partial charge in [0.1, 0.15) is 12.3 Å². The lowest BCUT2D eigenvalue weighted by Crippen LogP contribution is -2.51. The standard InChI is InChI=1S/C19H30N4O2S/c1-5-20-18(23-10-11-26-19(2,3)14-23)22-13-17(24)21-12-15-6-8-16(25-4)9-7-15/h6-9H,5,10-14H2,1-4H3,(H,20,22)(H,21,24). The molecular formula is C19H30N4O2S. The minimum absolute atomic E-state index is 0.0816. The number of guanidine groups is 1. The number of carbonyl (C=O) groups is 1. The van der Waals surface area contributed by atoms with Gasteiger partial charge in [0, 0.05) is 36.7 Å². The summed E-state index contributed by atoms with van der Waals surface area (Å²) < 4.78 is 5.34. The fourth-order valence-corrected chi connectivity index (χ4v) is 3.88. The summed E-state index contributed by atoms with van der Waals surface area (Å²) in [7, 11) is 1.64. The van der Waals surface area contributed by atoms with Crippen LogP contribution in [0.25, 0.3) is 0 Å². The maximum absolute atomic E-state index is 12.2. The number of ether oxygens (including phenoxy) is 1. The van der Waals surface area contributed by atoms with Gasteiger partial charge < -0.3 is 20.3 Å². The normalized spacial score (nSPS) is 16.9. The molecule has 1 amide bonds. The second kappa shape index (κ2) is 9.71. The lowest BCUT2D eigenvalue weighted by Gasteiger charge is -2.39. The lowest BCUT2D eigenvalue weighted by atomic mass is 10.2. The van der Waals surface area contributed by atoms with Gasteiger partial charge in [-0.1, -0.05) is 12.1 Å². The van der Waals surface area contributed by atoms with Crippen LogP contribution < -0.4 is 15.4 Å². The highest BCUT2D eigenvalue weighted by atomic mass is 32.2. The Morgan fingerprint density at radius 2 is 2.04 bits per heavy atom. The van der Waals surface area contributed by atoms with Gasteiger partial charge in [-0.25, -0.2) is 4.99 Å². The molecule has 0 aliphatic carbocycles. The molecule has 0 unspecified atom stereocenters. The fourth-order valence-electron chi connectivity index (χ4n) is 2.77. The molecule has 0 saturated carbocycles. The van der Waals surface area contributed by atoms with Gasteiger partial charge in [-0.15, -0.1) is 0 Å². The van der Waals surface area contributed by atoms with Crippen LogP contribution in [0, 0.1) is 0 Å². The van der Waals surface area contributed by atoms with Crippen molar-refractivity contribution in [3.05, 3.63) is 29.8 Å². The van der Waals surface area contributed by atoms with E-state index < -0.39 is 0 Å². The number of benzene rings is 1. The third kappa shape index (κ3) is 6.44. The molecule has 0 atom stereocenters. The van der Waals surface area contributed by atoms with Crippen molar-refractivity contribution in [1.82, 2.24) is 15.5 Å². The predicted molar refractivity (Wildman–Crippen MR) is 109 cm³/mol. The summed E-state index contributed by atoms with van der Waals surface area (Å²) in [5.41, 5.74) is 1.03. The zero-order valence-corrected chi connectivity index (χ0v) is 17.0. The van der Waals surface area contributed by atoms with Gasteiger partial charge in [0.25, 0.3) is 0 Å². The molecular weight excluding hydrogens is 348 g/mol. The van der Waals surface area contributed by atoms with Crippen molar-refractivity contribution in [2.24, 2.45) is 4.99 Å². The van der Waals surface area contributed by atoms with Gasteiger partial charge in [-0.2, -0.15) is 11.8 Å². The Morgan fingerprint density at radius 1 is 1.31 bits per heavy atom. The average molecular weight is 379 g/mol. The molecule has 1 saturated heterocycles. The Labute approximate surface area is 160 Å². The fraction of sp³-hybridized carbons (Fsp3) is 0.579. The molecule has 0 bridgehead atoms. The zero-order valence-electron chi connectivity index (χ0n) is 16.2. The first-order chi connectivity index (χ1) is 12.4. The Kier molecular flexibility index (Phi) is 7.63. The molecule has 0 aromatic heterocycles. The van der Waals surface area contributed by atoms with Gasteiger partial charge in [0.05, 0.1) is 7.11 Å². The Bertz CT molecular complexity index is 616. The largest absolute Gasteiger partial charge is 0.497 e. The van der Waals surface area contributed by atoms with Gasteiger partial charge in [0.2, 0.25) is 5.91 Å². The molecule has 26 heavy (non-hydrogen) atoms. The molecule has 0 spiro atoms. The highest BCUT2D eigenvalue weighted by Crippen LogP contribution is 2.29. The summed E-state index contributed by atoms with van der Waals surface area (Å²) in [6.45, 7) is 9.82. The van der Waals surface area contributed by atoms with Gasteiger partial charge in [-0.05, 0) is 38.5 Å². The van der Waals surface area contributed by atoms with Crippen molar-refractivity contribution in [3.63, 3.8) is 0 Å². The van der Waals surface area contributed by atoms with Gasteiger partial charge in [0.15, 0.2) is 5.96 Å². The molecule has 1 fully saturated rings. The summed E-state index contributed by atoms with van der Waals surface area (Å²) in [4.78, 5) is 18.9. The van der Waals surface area contributed by atoms with E-state index >= 15 is 0 Å². The molecule has 1 aliphatic heterocycles. The minimum atomic E-state index is -0.0816. The first kappa shape index (κ1) is 20.4. The van der Waals surface area contributed by atoms with Crippen LogP contribution >= 0.6 is 11.8 Å². The first-order valence-corrected chi connectivity index (χ1v) is 9.99. The van der Waals surface area contributed by atoms with Crippen LogP contribution in [0.15, 0.2) is 29.3 Å². The number of rotatable bonds is 6. The van der Waals surface area contributed by atoms with Crippen molar-refractivity contribution < 1.29 is 9.53 Å². The van der Waals surface area contributed by atoms with E-state index in [0.29, 0.717) is 6.54 Å². The number of nitrogens with zero attached hydrogens (tertiary/aromatic N) is 2. The smallest absolute Gasteiger partial charge is 0.242 e. The van der Waals surface area contributed by atoms with Crippen molar-refractivity contribution >= 4 is 23.6 Å². The monoisotopic (exact) mass is 378 g/mol. The molecule has 1 aromatic carbocycles. The number of thioether (sulfide) groups is 1. The number of hydrogen-bond acceptors (Lipinski definition) is 4. The molecule has 144 valence electrons. The van der Waals surface area contributed by atoms with Crippen LogP contribution in [0.5, 0.6) is 5.75 Å². The molecule has 1 aliphatic rings. The summed E-state index contributed by atoms with van der Waals surface area (Å²) in [5.74, 6) is 2.62. The quantitative estimate of drug-likeness (QED) is 0.586. The van der Waals surface area contributed by atoms with Crippen LogP contribution in [-0.4, -0.2) is 60.6 Å². The van der Waals surface area contributed by atoms with Crippen molar-refractivity contribution in [2.75, 3.05) is 39.0 Å². The Hall–Kier alpha value is -1.89. The topological polar surface area (TPSA) is 66.0 Å². The van der Waals surface area contributed by atoms with Crippen molar-refractivity contribution in [2.45, 2.75) is 32.1 Å². The predicted octanol–water partition coefficient (Wildman–Crippen LogP) is 2.10. The molecule has 6 nitrogen and oxygen atoms in total. The van der Waals surface area contributed by atoms with E-state index in [1.54, 1.807) is 7.11 Å². The van der Waals surface area contributed by atoms with Crippen LogP contribution in [0.4, 0.5) is 0 Å². The van der Waals surface area contributed by atoms with Crippen molar-refractivity contribution in [1.29, 1.82) is 0 Å². The van der Waals surface area contributed by atoms with E-state index in [9.17, 15) is 4.79 Å². The summed E-state index contributed by atoms with van der Waals surface area (Å²) in [6, 6.07) is 7.66. The van der Waals surface area contributed by atoms with Crippen molar-refractivity contribution in [3.8, 4) is 5.75 Å². The second-order valence-electron chi connectivity index (χ2n) is 6.82. The van der Waals surface area contributed by atoms with E-state index in [2.05, 4.69) is 34.4 Å². The minimum Gasteiger partial charge on any atom is -0.497 e. The zero-order chi connectivity index (χ0) is 19.0. The Morgan fingerprint density at radius 3 is 2.65 bits per heavy atom. The van der Waals surface area contributed by atoms with E-state index in [-0.39, 0.29) is 17.2 Å². The molecule has 1 heterocycles. The first-order valence-electron chi connectivity index (χ1n) is 9.00. The average Bonchev–Trinajstić information content (AvgIpc) is 2.63. The number of methoxy groups -OCH3 is 1. The number of hydrogen-bond donors (Lipinski definition) is 2. The molecule has 1 aromatic rings. The summed E-state index contributed by atoms with van der Waals surface area (Å²) in [6.07, 6.45) is 0. The number of carbonyl (C=O) groups excluding carboxylic acids is 1. The number of amides is 1. The van der Waals surface area contributed by atoms with E-state index in [1.165, 1.54) is 0 Å². The highest BCUT2D eigenvalue weighted by Gasteiger charge is 2.28. The number of aliphatic imine (C=N–C) groups is 1. The molecule has 2 N–H and O–H groups in total. The van der Waals surface area contributed by atoms with E-state index in [0.717, 1.165) is 42.7 Å². The second-order valence-corrected chi connectivity index (χ2v) is 8.63. The maximum atomic E-state index is 12.2. The van der Waals surface area contributed by atoms with Gasteiger partial charge in [-0.3, -0.25) is 4.79 Å².